The van der Waals surface area contributed by atoms with E-state index in [1.807, 2.05) is 36.4 Å². The number of benzene rings is 2. The molecule has 1 nitrogen and oxygen atoms in total. The van der Waals surface area contributed by atoms with Crippen LogP contribution in [0.15, 0.2) is 53.9 Å². The SMILES string of the molecule is OC(Cc1ccccc1Cl)Cc1csc2ccccc12. The van der Waals surface area contributed by atoms with E-state index in [0.717, 1.165) is 10.6 Å². The zero-order chi connectivity index (χ0) is 13.9. The zero-order valence-electron chi connectivity index (χ0n) is 10.9. The smallest absolute Gasteiger partial charge is 0.0621 e. The fourth-order valence-electron chi connectivity index (χ4n) is 2.43. The number of hydrogen-bond acceptors (Lipinski definition) is 2. The number of halogens is 1. The molecule has 0 aliphatic carbocycles. The molecule has 3 aromatic rings. The van der Waals surface area contributed by atoms with Crippen LogP contribution in [0.25, 0.3) is 10.1 Å². The van der Waals surface area contributed by atoms with E-state index in [2.05, 4.69) is 17.5 Å². The molecule has 0 fully saturated rings. The van der Waals surface area contributed by atoms with Crippen molar-refractivity contribution in [1.29, 1.82) is 0 Å². The van der Waals surface area contributed by atoms with Crippen LogP contribution in [0.2, 0.25) is 5.02 Å². The normalized spacial score (nSPS) is 12.7. The summed E-state index contributed by atoms with van der Waals surface area (Å²) in [5.74, 6) is 0. The van der Waals surface area contributed by atoms with Crippen molar-refractivity contribution < 1.29 is 5.11 Å². The number of hydrogen-bond donors (Lipinski definition) is 1. The molecule has 1 heterocycles. The van der Waals surface area contributed by atoms with Gasteiger partial charge in [0.15, 0.2) is 0 Å². The molecule has 2 aromatic carbocycles. The van der Waals surface area contributed by atoms with Gasteiger partial charge in [0, 0.05) is 22.6 Å². The second-order valence-corrected chi connectivity index (χ2v) is 6.23. The Morgan fingerprint density at radius 2 is 1.65 bits per heavy atom. The lowest BCUT2D eigenvalue weighted by Crippen LogP contribution is -2.13. The molecule has 0 saturated carbocycles. The van der Waals surface area contributed by atoms with Gasteiger partial charge in [-0.3, -0.25) is 0 Å². The van der Waals surface area contributed by atoms with E-state index < -0.39 is 6.10 Å². The van der Waals surface area contributed by atoms with Crippen LogP contribution in [0.5, 0.6) is 0 Å². The largest absolute Gasteiger partial charge is 0.392 e. The Kier molecular flexibility index (Phi) is 4.06. The molecule has 1 unspecified atom stereocenters. The summed E-state index contributed by atoms with van der Waals surface area (Å²) in [5, 5.41) is 14.4. The van der Waals surface area contributed by atoms with Crippen LogP contribution in [-0.2, 0) is 12.8 Å². The molecule has 0 bridgehead atoms. The topological polar surface area (TPSA) is 20.2 Å². The van der Waals surface area contributed by atoms with Crippen molar-refractivity contribution in [2.75, 3.05) is 0 Å². The summed E-state index contributed by atoms with van der Waals surface area (Å²) in [6, 6.07) is 16.0. The molecule has 1 aromatic heterocycles. The van der Waals surface area contributed by atoms with Gasteiger partial charge < -0.3 is 5.11 Å². The molecule has 102 valence electrons. The molecule has 0 aliphatic heterocycles. The lowest BCUT2D eigenvalue weighted by atomic mass is 10.0. The Hall–Kier alpha value is -1.35. The second kappa shape index (κ2) is 5.96. The third-order valence-corrected chi connectivity index (χ3v) is 4.81. The molecule has 0 spiro atoms. The molecule has 0 radical (unpaired) electrons. The molecule has 20 heavy (non-hydrogen) atoms. The summed E-state index contributed by atoms with van der Waals surface area (Å²) in [6.07, 6.45) is 0.840. The van der Waals surface area contributed by atoms with Crippen molar-refractivity contribution in [3.8, 4) is 0 Å². The van der Waals surface area contributed by atoms with Crippen LogP contribution in [-0.4, -0.2) is 11.2 Å². The van der Waals surface area contributed by atoms with E-state index in [0.29, 0.717) is 12.8 Å². The highest BCUT2D eigenvalue weighted by atomic mass is 35.5. The molecule has 1 N–H and O–H groups in total. The van der Waals surface area contributed by atoms with Gasteiger partial charge in [0.05, 0.1) is 6.10 Å². The van der Waals surface area contributed by atoms with Gasteiger partial charge in [-0.15, -0.1) is 11.3 Å². The van der Waals surface area contributed by atoms with Crippen LogP contribution in [0, 0.1) is 0 Å². The third kappa shape index (κ3) is 2.88. The number of thiophene rings is 1. The quantitative estimate of drug-likeness (QED) is 0.740. The van der Waals surface area contributed by atoms with Crippen molar-refractivity contribution >= 4 is 33.0 Å². The monoisotopic (exact) mass is 302 g/mol. The highest BCUT2D eigenvalue weighted by Crippen LogP contribution is 2.27. The first-order valence-corrected chi connectivity index (χ1v) is 7.86. The van der Waals surface area contributed by atoms with Crippen LogP contribution >= 0.6 is 22.9 Å². The lowest BCUT2D eigenvalue weighted by molar-refractivity contribution is 0.176. The lowest BCUT2D eigenvalue weighted by Gasteiger charge is -2.11. The first-order chi connectivity index (χ1) is 9.74. The number of fused-ring (bicyclic) bond motifs is 1. The van der Waals surface area contributed by atoms with E-state index in [1.165, 1.54) is 15.6 Å². The van der Waals surface area contributed by atoms with E-state index in [-0.39, 0.29) is 0 Å². The van der Waals surface area contributed by atoms with Crippen molar-refractivity contribution in [3.63, 3.8) is 0 Å². The molecule has 3 heteroatoms. The Balaban J connectivity index is 1.76. The van der Waals surface area contributed by atoms with Gasteiger partial charge in [0.25, 0.3) is 0 Å². The first kappa shape index (κ1) is 13.6. The third-order valence-electron chi connectivity index (χ3n) is 3.43. The number of aliphatic hydroxyl groups excluding tert-OH is 1. The second-order valence-electron chi connectivity index (χ2n) is 4.91. The van der Waals surface area contributed by atoms with Crippen LogP contribution in [0.4, 0.5) is 0 Å². The van der Waals surface area contributed by atoms with Gasteiger partial charge in [-0.25, -0.2) is 0 Å². The van der Waals surface area contributed by atoms with Crippen molar-refractivity contribution in [3.05, 3.63) is 70.1 Å². The molecular weight excluding hydrogens is 288 g/mol. The Morgan fingerprint density at radius 3 is 2.50 bits per heavy atom. The zero-order valence-corrected chi connectivity index (χ0v) is 12.5. The van der Waals surface area contributed by atoms with Crippen molar-refractivity contribution in [2.45, 2.75) is 18.9 Å². The highest BCUT2D eigenvalue weighted by Gasteiger charge is 2.12. The van der Waals surface area contributed by atoms with Crippen molar-refractivity contribution in [2.24, 2.45) is 0 Å². The maximum atomic E-state index is 10.3. The van der Waals surface area contributed by atoms with Gasteiger partial charge in [-0.05, 0) is 34.0 Å². The summed E-state index contributed by atoms with van der Waals surface area (Å²) in [7, 11) is 0. The molecule has 1 atom stereocenters. The molecule has 0 aliphatic rings. The first-order valence-electron chi connectivity index (χ1n) is 6.60. The van der Waals surface area contributed by atoms with Crippen molar-refractivity contribution in [1.82, 2.24) is 0 Å². The minimum Gasteiger partial charge on any atom is -0.392 e. The number of aliphatic hydroxyl groups is 1. The Labute approximate surface area is 127 Å². The standard InChI is InChI=1S/C17H15ClOS/c18-16-7-3-1-5-12(16)9-14(19)10-13-11-20-17-8-4-2-6-15(13)17/h1-8,11,14,19H,9-10H2. The van der Waals surface area contributed by atoms with E-state index in [9.17, 15) is 5.11 Å². The van der Waals surface area contributed by atoms with Gasteiger partial charge in [-0.1, -0.05) is 48.0 Å². The fourth-order valence-corrected chi connectivity index (χ4v) is 3.62. The van der Waals surface area contributed by atoms with Gasteiger partial charge in [-0.2, -0.15) is 0 Å². The minimum absolute atomic E-state index is 0.409. The average Bonchev–Trinajstić information content (AvgIpc) is 2.85. The number of rotatable bonds is 4. The van der Waals surface area contributed by atoms with Gasteiger partial charge in [0.2, 0.25) is 0 Å². The van der Waals surface area contributed by atoms with E-state index >= 15 is 0 Å². The summed E-state index contributed by atoms with van der Waals surface area (Å²) in [5.41, 5.74) is 2.21. The van der Waals surface area contributed by atoms with Crippen LogP contribution in [0.3, 0.4) is 0 Å². The highest BCUT2D eigenvalue weighted by molar-refractivity contribution is 7.17. The van der Waals surface area contributed by atoms with Gasteiger partial charge in [0.1, 0.15) is 0 Å². The van der Waals surface area contributed by atoms with E-state index in [4.69, 9.17) is 11.6 Å². The molecule has 0 saturated heterocycles. The minimum atomic E-state index is -0.409. The summed E-state index contributed by atoms with van der Waals surface area (Å²) in [6.45, 7) is 0. The maximum Gasteiger partial charge on any atom is 0.0621 e. The van der Waals surface area contributed by atoms with Gasteiger partial charge >= 0.3 is 0 Å². The Morgan fingerprint density at radius 1 is 0.950 bits per heavy atom. The Bertz CT molecular complexity index is 720. The predicted molar refractivity (Wildman–Crippen MR) is 86.7 cm³/mol. The molecule has 0 amide bonds. The molecular formula is C17H15ClOS. The molecule has 3 rings (SSSR count). The maximum absolute atomic E-state index is 10.3. The summed E-state index contributed by atoms with van der Waals surface area (Å²) < 4.78 is 1.27. The fraction of sp³-hybridized carbons (Fsp3) is 0.176. The van der Waals surface area contributed by atoms with E-state index in [1.54, 1.807) is 11.3 Å². The average molecular weight is 303 g/mol. The summed E-state index contributed by atoms with van der Waals surface area (Å²) >= 11 is 7.86. The summed E-state index contributed by atoms with van der Waals surface area (Å²) in [4.78, 5) is 0. The van der Waals surface area contributed by atoms with Crippen LogP contribution < -0.4 is 0 Å². The predicted octanol–water partition coefficient (Wildman–Crippen LogP) is 4.70. The van der Waals surface area contributed by atoms with Crippen LogP contribution in [0.1, 0.15) is 11.1 Å².